The summed E-state index contributed by atoms with van der Waals surface area (Å²) in [5.74, 6) is 0.366. The maximum Gasteiger partial charge on any atom is 0.230 e. The van der Waals surface area contributed by atoms with Crippen molar-refractivity contribution >= 4 is 17.2 Å². The molecule has 1 aromatic heterocycles. The molecule has 3 aliphatic heterocycles. The lowest BCUT2D eigenvalue weighted by molar-refractivity contribution is -0.140. The Bertz CT molecular complexity index is 599. The molecule has 1 spiro atoms. The van der Waals surface area contributed by atoms with Crippen LogP contribution in [0.25, 0.3) is 0 Å². The summed E-state index contributed by atoms with van der Waals surface area (Å²) in [4.78, 5) is 22.3. The lowest BCUT2D eigenvalue weighted by atomic mass is 9.77. The monoisotopic (exact) mass is 349 g/mol. The Balaban J connectivity index is 1.43. The molecule has 5 nitrogen and oxygen atoms in total. The third-order valence-electron chi connectivity index (χ3n) is 5.93. The molecular formula is C18H27N3O2S. The Kier molecular flexibility index (Phi) is 4.62. The SMILES string of the molecule is Cc1nc(CN2CCC3(CCCN(C4CCOCC4)C3)C2=O)cs1. The highest BCUT2D eigenvalue weighted by atomic mass is 32.1. The van der Waals surface area contributed by atoms with E-state index in [1.165, 1.54) is 0 Å². The average Bonchev–Trinajstić information content (AvgIpc) is 3.15. The minimum absolute atomic E-state index is 0.137. The zero-order chi connectivity index (χ0) is 16.6. The highest BCUT2D eigenvalue weighted by Gasteiger charge is 2.49. The molecule has 1 amide bonds. The van der Waals surface area contributed by atoms with Gasteiger partial charge in [0, 0.05) is 37.7 Å². The molecule has 3 saturated heterocycles. The number of aromatic nitrogens is 1. The second-order valence-electron chi connectivity index (χ2n) is 7.53. The predicted molar refractivity (Wildman–Crippen MR) is 94.0 cm³/mol. The van der Waals surface area contributed by atoms with Crippen LogP contribution >= 0.6 is 11.3 Å². The van der Waals surface area contributed by atoms with Crippen LogP contribution < -0.4 is 0 Å². The second-order valence-corrected chi connectivity index (χ2v) is 8.59. The molecule has 24 heavy (non-hydrogen) atoms. The molecule has 0 saturated carbocycles. The van der Waals surface area contributed by atoms with Crippen LogP contribution in [0, 0.1) is 12.3 Å². The first-order chi connectivity index (χ1) is 11.7. The molecule has 0 aromatic carbocycles. The number of carbonyl (C=O) groups is 1. The van der Waals surface area contributed by atoms with Gasteiger partial charge in [-0.05, 0) is 45.6 Å². The van der Waals surface area contributed by atoms with Gasteiger partial charge < -0.3 is 9.64 Å². The van der Waals surface area contributed by atoms with Crippen molar-refractivity contribution in [3.8, 4) is 0 Å². The Labute approximate surface area is 148 Å². The Hall–Kier alpha value is -0.980. The van der Waals surface area contributed by atoms with Crippen molar-refractivity contribution in [2.75, 3.05) is 32.8 Å². The largest absolute Gasteiger partial charge is 0.381 e. The molecule has 0 N–H and O–H groups in total. The Morgan fingerprint density at radius 1 is 1.33 bits per heavy atom. The number of ether oxygens (including phenoxy) is 1. The number of piperidine rings is 1. The molecule has 6 heteroatoms. The maximum atomic E-state index is 13.2. The first-order valence-corrected chi connectivity index (χ1v) is 10.1. The van der Waals surface area contributed by atoms with E-state index in [0.29, 0.717) is 18.5 Å². The summed E-state index contributed by atoms with van der Waals surface area (Å²) in [6.45, 7) is 7.43. The van der Waals surface area contributed by atoms with Gasteiger partial charge in [-0.2, -0.15) is 0 Å². The van der Waals surface area contributed by atoms with E-state index in [1.54, 1.807) is 11.3 Å². The van der Waals surface area contributed by atoms with Gasteiger partial charge in [-0.15, -0.1) is 11.3 Å². The molecule has 4 rings (SSSR count). The molecule has 0 radical (unpaired) electrons. The van der Waals surface area contributed by atoms with Crippen LogP contribution in [0.1, 0.15) is 42.8 Å². The smallest absolute Gasteiger partial charge is 0.230 e. The zero-order valence-electron chi connectivity index (χ0n) is 14.5. The minimum atomic E-state index is -0.137. The summed E-state index contributed by atoms with van der Waals surface area (Å²) in [6, 6.07) is 0.610. The summed E-state index contributed by atoms with van der Waals surface area (Å²) in [7, 11) is 0. The van der Waals surface area contributed by atoms with Gasteiger partial charge in [0.15, 0.2) is 0 Å². The number of likely N-dealkylation sites (tertiary alicyclic amines) is 2. The fourth-order valence-electron chi connectivity index (χ4n) is 4.63. The summed E-state index contributed by atoms with van der Waals surface area (Å²) in [6.07, 6.45) is 5.44. The van der Waals surface area contributed by atoms with Crippen LogP contribution in [0.15, 0.2) is 5.38 Å². The van der Waals surface area contributed by atoms with Crippen LogP contribution in [-0.2, 0) is 16.1 Å². The number of thiazole rings is 1. The first kappa shape index (κ1) is 16.5. The number of nitrogens with zero attached hydrogens (tertiary/aromatic N) is 3. The van der Waals surface area contributed by atoms with Crippen molar-refractivity contribution in [2.24, 2.45) is 5.41 Å². The van der Waals surface area contributed by atoms with Crippen molar-refractivity contribution < 1.29 is 9.53 Å². The lowest BCUT2D eigenvalue weighted by Gasteiger charge is -2.44. The molecule has 4 heterocycles. The van der Waals surface area contributed by atoms with E-state index in [-0.39, 0.29) is 5.41 Å². The molecule has 132 valence electrons. The molecule has 3 fully saturated rings. The van der Waals surface area contributed by atoms with E-state index in [4.69, 9.17) is 4.74 Å². The second kappa shape index (κ2) is 6.73. The Morgan fingerprint density at radius 3 is 2.92 bits per heavy atom. The lowest BCUT2D eigenvalue weighted by Crippen LogP contribution is -2.52. The standard InChI is InChI=1S/C18H27N3O2S/c1-14-19-15(12-24-14)11-20-8-6-18(17(20)22)5-2-7-21(13-18)16-3-9-23-10-4-16/h12,16H,2-11,13H2,1H3. The molecule has 1 unspecified atom stereocenters. The molecule has 1 atom stereocenters. The summed E-state index contributed by atoms with van der Waals surface area (Å²) < 4.78 is 5.51. The molecule has 0 aliphatic carbocycles. The van der Waals surface area contributed by atoms with Crippen LogP contribution in [0.4, 0.5) is 0 Å². The number of amides is 1. The number of hydrogen-bond donors (Lipinski definition) is 0. The third kappa shape index (κ3) is 3.11. The molecule has 1 aromatic rings. The van der Waals surface area contributed by atoms with E-state index >= 15 is 0 Å². The van der Waals surface area contributed by atoms with Crippen LogP contribution in [0.2, 0.25) is 0 Å². The molecule has 3 aliphatic rings. The number of carbonyl (C=O) groups excluding carboxylic acids is 1. The molecular weight excluding hydrogens is 322 g/mol. The normalized spacial score (nSPS) is 29.7. The van der Waals surface area contributed by atoms with Gasteiger partial charge in [-0.1, -0.05) is 0 Å². The number of rotatable bonds is 3. The summed E-state index contributed by atoms with van der Waals surface area (Å²) >= 11 is 1.67. The average molecular weight is 350 g/mol. The van der Waals surface area contributed by atoms with E-state index < -0.39 is 0 Å². The predicted octanol–water partition coefficient (Wildman–Crippen LogP) is 2.45. The quantitative estimate of drug-likeness (QED) is 0.841. The Morgan fingerprint density at radius 2 is 2.17 bits per heavy atom. The van der Waals surface area contributed by atoms with Gasteiger partial charge in [0.1, 0.15) is 0 Å². The van der Waals surface area contributed by atoms with E-state index in [2.05, 4.69) is 15.3 Å². The highest BCUT2D eigenvalue weighted by Crippen LogP contribution is 2.41. The third-order valence-corrected chi connectivity index (χ3v) is 6.76. The van der Waals surface area contributed by atoms with Crippen LogP contribution in [-0.4, -0.2) is 59.6 Å². The van der Waals surface area contributed by atoms with Crippen molar-refractivity contribution in [3.63, 3.8) is 0 Å². The fraction of sp³-hybridized carbons (Fsp3) is 0.778. The van der Waals surface area contributed by atoms with Crippen molar-refractivity contribution in [1.82, 2.24) is 14.8 Å². The minimum Gasteiger partial charge on any atom is -0.381 e. The van der Waals surface area contributed by atoms with E-state index in [1.807, 2.05) is 11.8 Å². The van der Waals surface area contributed by atoms with E-state index in [9.17, 15) is 4.79 Å². The number of aryl methyl sites for hydroxylation is 1. The van der Waals surface area contributed by atoms with Crippen LogP contribution in [0.5, 0.6) is 0 Å². The van der Waals surface area contributed by atoms with E-state index in [0.717, 1.165) is 75.7 Å². The van der Waals surface area contributed by atoms with Gasteiger partial charge in [-0.25, -0.2) is 4.98 Å². The van der Waals surface area contributed by atoms with Gasteiger partial charge in [0.25, 0.3) is 0 Å². The van der Waals surface area contributed by atoms with Gasteiger partial charge >= 0.3 is 0 Å². The van der Waals surface area contributed by atoms with Crippen LogP contribution in [0.3, 0.4) is 0 Å². The molecule has 0 bridgehead atoms. The summed E-state index contributed by atoms with van der Waals surface area (Å²) in [5.41, 5.74) is 0.904. The fourth-order valence-corrected chi connectivity index (χ4v) is 5.23. The van der Waals surface area contributed by atoms with Gasteiger partial charge in [0.05, 0.1) is 22.7 Å². The van der Waals surface area contributed by atoms with Gasteiger partial charge in [0.2, 0.25) is 5.91 Å². The highest BCUT2D eigenvalue weighted by molar-refractivity contribution is 7.09. The van der Waals surface area contributed by atoms with Crippen molar-refractivity contribution in [1.29, 1.82) is 0 Å². The van der Waals surface area contributed by atoms with Crippen molar-refractivity contribution in [3.05, 3.63) is 16.1 Å². The first-order valence-electron chi connectivity index (χ1n) is 9.18. The number of hydrogen-bond acceptors (Lipinski definition) is 5. The van der Waals surface area contributed by atoms with Gasteiger partial charge in [-0.3, -0.25) is 9.69 Å². The van der Waals surface area contributed by atoms with Crippen molar-refractivity contribution in [2.45, 2.75) is 51.6 Å². The summed E-state index contributed by atoms with van der Waals surface area (Å²) in [5, 5.41) is 3.16. The topological polar surface area (TPSA) is 45.7 Å². The zero-order valence-corrected chi connectivity index (χ0v) is 15.3. The maximum absolute atomic E-state index is 13.2.